The van der Waals surface area contributed by atoms with Crippen molar-refractivity contribution in [3.05, 3.63) is 193 Å². The number of benzene rings is 4. The van der Waals surface area contributed by atoms with Gasteiger partial charge in [0, 0.05) is 69.3 Å². The van der Waals surface area contributed by atoms with Crippen molar-refractivity contribution in [1.29, 1.82) is 0 Å². The second-order valence-corrected chi connectivity index (χ2v) is 21.7. The van der Waals surface area contributed by atoms with Crippen LogP contribution in [0.4, 0.5) is 11.4 Å². The van der Waals surface area contributed by atoms with Gasteiger partial charge in [-0.05, 0) is 101 Å². The zero-order chi connectivity index (χ0) is 55.2. The number of hydrogen-bond donors (Lipinski definition) is 1. The van der Waals surface area contributed by atoms with E-state index in [4.69, 9.17) is 18.8 Å². The van der Waals surface area contributed by atoms with E-state index in [1.165, 1.54) is 80.0 Å². The van der Waals surface area contributed by atoms with Gasteiger partial charge in [0.05, 0.1) is 16.3 Å². The van der Waals surface area contributed by atoms with Crippen LogP contribution in [-0.4, -0.2) is 62.4 Å². The number of rotatable bonds is 11. The maximum atomic E-state index is 13.6. The Balaban J connectivity index is 0.000000187. The van der Waals surface area contributed by atoms with Gasteiger partial charge in [0.1, 0.15) is 31.9 Å². The van der Waals surface area contributed by atoms with Crippen LogP contribution in [0.1, 0.15) is 69.2 Å². The topological polar surface area (TPSA) is 297 Å². The molecule has 0 atom stereocenters. The van der Waals surface area contributed by atoms with Gasteiger partial charge in [-0.3, -0.25) is 47.6 Å². The monoisotopic (exact) mass is 1110 g/mol. The molecule has 5 heterocycles. The molecule has 0 spiro atoms. The molecule has 408 valence electrons. The lowest BCUT2D eigenvalue weighted by atomic mass is 10.2. The van der Waals surface area contributed by atoms with Crippen LogP contribution in [0.15, 0.2) is 148 Å². The summed E-state index contributed by atoms with van der Waals surface area (Å²) in [7, 11) is -6.15. The van der Waals surface area contributed by atoms with Crippen molar-refractivity contribution >= 4 is 53.7 Å². The molecule has 8 aromatic rings. The lowest BCUT2D eigenvalue weighted by molar-refractivity contribution is -0.384. The average molecular weight is 1110 g/mol. The summed E-state index contributed by atoms with van der Waals surface area (Å²) in [5.74, 6) is -0.988. The minimum Gasteiger partial charge on any atom is -0.399 e. The molecule has 4 aromatic carbocycles. The molecule has 0 amide bonds. The fourth-order valence-electron chi connectivity index (χ4n) is 8.63. The summed E-state index contributed by atoms with van der Waals surface area (Å²) in [5, 5.41) is 10.9. The maximum Gasteiger partial charge on any atom is 0.339 e. The highest BCUT2D eigenvalue weighted by Gasteiger charge is 2.34. The lowest BCUT2D eigenvalue weighted by Gasteiger charge is -2.18. The lowest BCUT2D eigenvalue weighted by Crippen LogP contribution is -2.41. The van der Waals surface area contributed by atoms with Crippen molar-refractivity contribution in [3.8, 4) is 22.9 Å². The number of ether oxygens (including phenoxy) is 1. The molecular weight excluding hydrogens is 1050 g/mol. The molecular formula is C53H54N8O15S2. The van der Waals surface area contributed by atoms with E-state index in [2.05, 4.69) is 0 Å². The van der Waals surface area contributed by atoms with E-state index >= 15 is 0 Å². The van der Waals surface area contributed by atoms with Gasteiger partial charge in [-0.25, -0.2) is 18.7 Å². The number of hydrogen-bond acceptors (Lipinski definition) is 16. The van der Waals surface area contributed by atoms with Crippen LogP contribution >= 0.6 is 0 Å². The quantitative estimate of drug-likeness (QED) is 0.0729. The average Bonchev–Trinajstić information content (AvgIpc) is 4.47. The Labute approximate surface area is 444 Å². The van der Waals surface area contributed by atoms with Crippen molar-refractivity contribution in [2.24, 2.45) is 14.1 Å². The van der Waals surface area contributed by atoms with Crippen LogP contribution in [-0.2, 0) is 39.1 Å². The normalized spacial score (nSPS) is 14.2. The number of aryl methyl sites for hydroxylation is 4. The Morgan fingerprint density at radius 1 is 0.590 bits per heavy atom. The van der Waals surface area contributed by atoms with Crippen molar-refractivity contribution in [2.75, 3.05) is 18.9 Å². The molecule has 0 bridgehead atoms. The first kappa shape index (κ1) is 55.5. The number of nitrogens with two attached hydrogens (primary N) is 1. The van der Waals surface area contributed by atoms with E-state index in [0.29, 0.717) is 37.1 Å². The molecule has 2 aliphatic carbocycles. The van der Waals surface area contributed by atoms with Crippen molar-refractivity contribution < 1.29 is 34.9 Å². The van der Waals surface area contributed by atoms with Gasteiger partial charge in [0.25, 0.3) is 27.9 Å². The summed E-state index contributed by atoms with van der Waals surface area (Å²) in [6.07, 6.45) is 4.89. The molecule has 0 radical (unpaired) electrons. The Bertz CT molecular complexity index is 4290. The van der Waals surface area contributed by atoms with Crippen LogP contribution in [0.5, 0.6) is 11.5 Å². The van der Waals surface area contributed by atoms with Gasteiger partial charge in [0.2, 0.25) is 0 Å². The zero-order valence-corrected chi connectivity index (χ0v) is 43.5. The maximum absolute atomic E-state index is 13.6. The molecule has 23 nitrogen and oxygen atoms in total. The van der Waals surface area contributed by atoms with Gasteiger partial charge < -0.3 is 18.8 Å². The molecule has 2 N–H and O–H groups in total. The van der Waals surface area contributed by atoms with Crippen LogP contribution in [0.25, 0.3) is 33.4 Å². The SMILES string of the molecule is C.C1CCOC1.Cc1ccc(S(=O)(=O)Oc2cc(=O)n(C)c3c2c(=O)n(C2CC2)c(=O)n3-c2cccc(N)c2)cc1.Cc1ccc(S(=O)(=O)Oc2cc(=O)n(C)c3c2c(=O)n(C2CC2)c(=O)n3-c2cccc([N+](=O)[O-])c2)cc1. The van der Waals surface area contributed by atoms with E-state index in [1.807, 2.05) is 6.92 Å². The summed E-state index contributed by atoms with van der Waals surface area (Å²) >= 11 is 0. The molecule has 78 heavy (non-hydrogen) atoms. The summed E-state index contributed by atoms with van der Waals surface area (Å²) in [6, 6.07) is 24.4. The summed E-state index contributed by atoms with van der Waals surface area (Å²) < 4.78 is 74.2. The van der Waals surface area contributed by atoms with Gasteiger partial charge in [-0.2, -0.15) is 16.8 Å². The minimum absolute atomic E-state index is 0. The van der Waals surface area contributed by atoms with Crippen LogP contribution < -0.4 is 47.7 Å². The summed E-state index contributed by atoms with van der Waals surface area (Å²) in [5.41, 5.74) is 3.20. The van der Waals surface area contributed by atoms with E-state index in [1.54, 1.807) is 49.4 Å². The number of nitro benzene ring substituents is 1. The first-order chi connectivity index (χ1) is 36.6. The summed E-state index contributed by atoms with van der Waals surface area (Å²) in [4.78, 5) is 90.4. The third kappa shape index (κ3) is 11.0. The predicted molar refractivity (Wildman–Crippen MR) is 290 cm³/mol. The molecule has 4 aromatic heterocycles. The highest BCUT2D eigenvalue weighted by Crippen LogP contribution is 2.35. The number of fused-ring (bicyclic) bond motifs is 2. The van der Waals surface area contributed by atoms with E-state index in [0.717, 1.165) is 65.4 Å². The summed E-state index contributed by atoms with van der Waals surface area (Å²) in [6.45, 7) is 5.58. The minimum atomic E-state index is -4.46. The van der Waals surface area contributed by atoms with E-state index in [-0.39, 0.29) is 56.7 Å². The Kier molecular flexibility index (Phi) is 15.5. The third-order valence-electron chi connectivity index (χ3n) is 12.9. The van der Waals surface area contributed by atoms with Crippen LogP contribution in [0.2, 0.25) is 0 Å². The Morgan fingerprint density at radius 2 is 0.987 bits per heavy atom. The second-order valence-electron chi connectivity index (χ2n) is 18.6. The number of aromatic nitrogens is 6. The number of nitro groups is 1. The number of nitrogens with zero attached hydrogens (tertiary/aromatic N) is 7. The van der Waals surface area contributed by atoms with E-state index < -0.39 is 76.3 Å². The smallest absolute Gasteiger partial charge is 0.339 e. The van der Waals surface area contributed by atoms with Crippen molar-refractivity contribution in [2.45, 2.75) is 81.7 Å². The van der Waals surface area contributed by atoms with Crippen molar-refractivity contribution in [3.63, 3.8) is 0 Å². The van der Waals surface area contributed by atoms with Gasteiger partial charge in [-0.15, -0.1) is 0 Å². The van der Waals surface area contributed by atoms with Gasteiger partial charge in [-0.1, -0.05) is 55.0 Å². The first-order valence-electron chi connectivity index (χ1n) is 24.1. The number of anilines is 1. The molecule has 0 unspecified atom stereocenters. The highest BCUT2D eigenvalue weighted by molar-refractivity contribution is 7.87. The number of non-ortho nitro benzene ring substituents is 1. The van der Waals surface area contributed by atoms with Crippen molar-refractivity contribution in [1.82, 2.24) is 27.4 Å². The van der Waals surface area contributed by atoms with Crippen LogP contribution in [0, 0.1) is 24.0 Å². The largest absolute Gasteiger partial charge is 0.399 e. The molecule has 1 saturated heterocycles. The first-order valence-corrected chi connectivity index (χ1v) is 26.9. The molecule has 11 rings (SSSR count). The molecule has 25 heteroatoms. The third-order valence-corrected chi connectivity index (χ3v) is 15.4. The number of pyridine rings is 2. The molecule has 1 aliphatic heterocycles. The van der Waals surface area contributed by atoms with Crippen LogP contribution in [0.3, 0.4) is 0 Å². The fraction of sp³-hybridized carbons (Fsp3) is 0.283. The van der Waals surface area contributed by atoms with E-state index in [9.17, 15) is 55.7 Å². The predicted octanol–water partition coefficient (Wildman–Crippen LogP) is 5.45. The molecule has 3 fully saturated rings. The number of nitrogen functional groups attached to an aromatic ring is 1. The fourth-order valence-corrected chi connectivity index (χ4v) is 10.5. The Hall–Kier alpha value is -8.68. The second kappa shape index (κ2) is 21.7. The Morgan fingerprint density at radius 3 is 1.35 bits per heavy atom. The van der Waals surface area contributed by atoms with Gasteiger partial charge >= 0.3 is 31.6 Å². The molecule has 2 saturated carbocycles. The standard InChI is InChI=1S/C24H20N4O8S.C24H22N4O6S.C4H8O.CH4/c1-14-6-10-18(11-7-14)37(34,35)36-19-13-20(29)25(2)22-21(19)23(30)27(15-8-9-15)24(31)26(22)16-4-3-5-17(12-16)28(32)33;1-14-6-10-18(11-7-14)35(32,33)34-19-13-20(29)26(2)22-21(19)23(30)28(16-8-9-16)24(31)27(22)17-5-3-4-15(25)12-17;1-2-4-5-3-1;/h3-7,10-13,15H,8-9H2,1-2H3;3-7,10-13,16H,8-9,25H2,1-2H3;1-4H2;1H4. The van der Waals surface area contributed by atoms with Gasteiger partial charge in [0.15, 0.2) is 11.5 Å². The molecule has 3 aliphatic rings. The zero-order valence-electron chi connectivity index (χ0n) is 41.9. The highest BCUT2D eigenvalue weighted by atomic mass is 32.2.